The molecule has 1 aromatic heterocycles. The summed E-state index contributed by atoms with van der Waals surface area (Å²) < 4.78 is 0. The third kappa shape index (κ3) is 2.17. The number of fused-ring (bicyclic) bond motifs is 1. The molecule has 0 bridgehead atoms. The van der Waals surface area contributed by atoms with Crippen molar-refractivity contribution >= 4 is 10.9 Å². The Kier molecular flexibility index (Phi) is 2.89. The summed E-state index contributed by atoms with van der Waals surface area (Å²) in [6.45, 7) is 0. The van der Waals surface area contributed by atoms with Crippen LogP contribution in [0.4, 0.5) is 0 Å². The molecule has 0 amide bonds. The van der Waals surface area contributed by atoms with E-state index in [9.17, 15) is 0 Å². The van der Waals surface area contributed by atoms with Crippen molar-refractivity contribution in [2.45, 2.75) is 6.42 Å². The van der Waals surface area contributed by atoms with Crippen LogP contribution in [0, 0.1) is 0 Å². The predicted molar refractivity (Wildman–Crippen MR) is 88.6 cm³/mol. The smallest absolute Gasteiger partial charge is 0.0499 e. The van der Waals surface area contributed by atoms with E-state index < -0.39 is 0 Å². The third-order valence-electron chi connectivity index (χ3n) is 3.99. The van der Waals surface area contributed by atoms with E-state index in [0.29, 0.717) is 0 Å². The monoisotopic (exact) mass is 270 g/mol. The Morgan fingerprint density at radius 1 is 0.810 bits per heavy atom. The van der Waals surface area contributed by atoms with Gasteiger partial charge in [0.2, 0.25) is 0 Å². The Morgan fingerprint density at radius 2 is 1.62 bits per heavy atom. The van der Waals surface area contributed by atoms with Gasteiger partial charge in [-0.05, 0) is 23.6 Å². The molecule has 0 spiro atoms. The van der Waals surface area contributed by atoms with Gasteiger partial charge in [0.1, 0.15) is 0 Å². The second kappa shape index (κ2) is 5.02. The summed E-state index contributed by atoms with van der Waals surface area (Å²) in [5.41, 5.74) is 6.42. The number of hydrogen-bond acceptors (Lipinski definition) is 0. The van der Waals surface area contributed by atoms with E-state index in [1.807, 2.05) is 0 Å². The number of benzene rings is 2. The lowest BCUT2D eigenvalue weighted by Gasteiger charge is -2.07. The van der Waals surface area contributed by atoms with Gasteiger partial charge in [-0.25, -0.2) is 12.1 Å². The van der Waals surface area contributed by atoms with E-state index in [1.165, 1.54) is 33.3 Å². The number of aromatic nitrogens is 1. The zero-order chi connectivity index (χ0) is 14.1. The normalized spacial score (nSPS) is 11.0. The van der Waals surface area contributed by atoms with Gasteiger partial charge in [0.25, 0.3) is 0 Å². The van der Waals surface area contributed by atoms with Gasteiger partial charge in [-0.15, -0.1) is 0 Å². The maximum atomic E-state index is 3.59. The van der Waals surface area contributed by atoms with Crippen LogP contribution in [0.5, 0.6) is 0 Å². The van der Waals surface area contributed by atoms with Crippen LogP contribution in [0.25, 0.3) is 22.2 Å². The Hall–Kier alpha value is -2.67. The van der Waals surface area contributed by atoms with E-state index in [2.05, 4.69) is 83.8 Å². The zero-order valence-corrected chi connectivity index (χ0v) is 11.7. The summed E-state index contributed by atoms with van der Waals surface area (Å²) in [6.07, 6.45) is 0.960. The summed E-state index contributed by atoms with van der Waals surface area (Å²) in [5.74, 6) is 0. The number of para-hydroxylation sites is 1. The second-order valence-electron chi connectivity index (χ2n) is 5.36. The maximum Gasteiger partial charge on any atom is 0.0499 e. The number of rotatable bonds is 3. The molecule has 0 unspecified atom stereocenters. The molecule has 1 heterocycles. The van der Waals surface area contributed by atoms with Crippen molar-refractivity contribution in [2.75, 3.05) is 0 Å². The van der Waals surface area contributed by atoms with Crippen LogP contribution >= 0.6 is 0 Å². The zero-order valence-electron chi connectivity index (χ0n) is 11.7. The van der Waals surface area contributed by atoms with Gasteiger partial charge in [0.15, 0.2) is 0 Å². The Balaban J connectivity index is 1.93. The average Bonchev–Trinajstić information content (AvgIpc) is 3.17. The molecule has 1 heteroatoms. The highest BCUT2D eigenvalue weighted by molar-refractivity contribution is 5.91. The molecule has 0 aliphatic carbocycles. The molecular weight excluding hydrogens is 254 g/mol. The van der Waals surface area contributed by atoms with Crippen LogP contribution in [0.1, 0.15) is 11.1 Å². The first-order chi connectivity index (χ1) is 10.4. The molecule has 0 radical (unpaired) electrons. The molecule has 3 aromatic carbocycles. The van der Waals surface area contributed by atoms with Crippen molar-refractivity contribution in [3.05, 3.63) is 90.0 Å². The molecular formula is C20H16N-. The fourth-order valence-electron chi connectivity index (χ4n) is 2.97. The van der Waals surface area contributed by atoms with E-state index in [0.717, 1.165) is 6.42 Å². The van der Waals surface area contributed by atoms with Crippen LogP contribution in [0.2, 0.25) is 0 Å². The molecule has 1 N–H and O–H groups in total. The largest absolute Gasteiger partial charge is 0.354 e. The molecule has 0 aliphatic rings. The second-order valence-corrected chi connectivity index (χ2v) is 5.36. The van der Waals surface area contributed by atoms with E-state index >= 15 is 0 Å². The molecule has 0 fully saturated rings. The van der Waals surface area contributed by atoms with Crippen molar-refractivity contribution in [2.24, 2.45) is 0 Å². The summed E-state index contributed by atoms with van der Waals surface area (Å²) >= 11 is 0. The van der Waals surface area contributed by atoms with Gasteiger partial charge >= 0.3 is 0 Å². The molecule has 0 aliphatic heterocycles. The molecule has 0 atom stereocenters. The number of aromatic amines is 1. The number of H-pyrrole nitrogens is 1. The summed E-state index contributed by atoms with van der Waals surface area (Å²) in [4.78, 5) is 3.59. The minimum absolute atomic E-state index is 0.960. The quantitative estimate of drug-likeness (QED) is 0.496. The van der Waals surface area contributed by atoms with Gasteiger partial charge in [0.05, 0.1) is 0 Å². The first-order valence-electron chi connectivity index (χ1n) is 7.27. The lowest BCUT2D eigenvalue weighted by molar-refractivity contribution is 1.22. The maximum absolute atomic E-state index is 3.59. The molecule has 0 saturated heterocycles. The number of nitrogens with one attached hydrogen (secondary N) is 1. The first kappa shape index (κ1) is 12.1. The van der Waals surface area contributed by atoms with Crippen molar-refractivity contribution < 1.29 is 0 Å². The predicted octanol–water partition coefficient (Wildman–Crippen LogP) is 5.14. The SMILES string of the molecule is c1ccc(-c2[nH]c3ccccc3c2Cc2ccc[cH-]2)cc1. The van der Waals surface area contributed by atoms with Crippen LogP contribution in [0.3, 0.4) is 0 Å². The highest BCUT2D eigenvalue weighted by Gasteiger charge is 2.11. The van der Waals surface area contributed by atoms with Crippen molar-refractivity contribution in [3.8, 4) is 11.3 Å². The Morgan fingerprint density at radius 3 is 2.43 bits per heavy atom. The number of hydrogen-bond donors (Lipinski definition) is 1. The van der Waals surface area contributed by atoms with Crippen LogP contribution in [-0.4, -0.2) is 4.98 Å². The molecule has 4 rings (SSSR count). The Bertz CT molecular complexity index is 851. The average molecular weight is 270 g/mol. The molecule has 102 valence electrons. The molecule has 4 aromatic rings. The molecule has 0 saturated carbocycles. The van der Waals surface area contributed by atoms with E-state index in [4.69, 9.17) is 0 Å². The first-order valence-corrected chi connectivity index (χ1v) is 7.27. The van der Waals surface area contributed by atoms with E-state index in [1.54, 1.807) is 0 Å². The highest BCUT2D eigenvalue weighted by atomic mass is 14.7. The fourth-order valence-corrected chi connectivity index (χ4v) is 2.97. The Labute approximate surface area is 124 Å². The van der Waals surface area contributed by atoms with Gasteiger partial charge in [-0.2, -0.15) is 17.7 Å². The van der Waals surface area contributed by atoms with Gasteiger partial charge in [0, 0.05) is 16.6 Å². The summed E-state index contributed by atoms with van der Waals surface area (Å²) in [6, 6.07) is 27.7. The van der Waals surface area contributed by atoms with Crippen LogP contribution < -0.4 is 0 Å². The van der Waals surface area contributed by atoms with Crippen LogP contribution in [0.15, 0.2) is 78.9 Å². The van der Waals surface area contributed by atoms with Gasteiger partial charge < -0.3 is 4.98 Å². The van der Waals surface area contributed by atoms with Crippen molar-refractivity contribution in [3.63, 3.8) is 0 Å². The lowest BCUT2D eigenvalue weighted by atomic mass is 10.00. The fraction of sp³-hybridized carbons (Fsp3) is 0.0500. The standard InChI is InChI=1S/C20H16N/c1-2-10-16(11-3-1)20-18(14-15-8-4-5-9-15)17-12-6-7-13-19(17)21-20/h1-13,21H,14H2/q-1. The summed E-state index contributed by atoms with van der Waals surface area (Å²) in [5, 5.41) is 1.32. The molecule has 1 nitrogen and oxygen atoms in total. The highest BCUT2D eigenvalue weighted by Crippen LogP contribution is 2.32. The van der Waals surface area contributed by atoms with Crippen molar-refractivity contribution in [1.82, 2.24) is 4.98 Å². The van der Waals surface area contributed by atoms with E-state index in [-0.39, 0.29) is 0 Å². The molecule has 21 heavy (non-hydrogen) atoms. The minimum Gasteiger partial charge on any atom is -0.354 e. The van der Waals surface area contributed by atoms with Crippen LogP contribution in [-0.2, 0) is 6.42 Å². The van der Waals surface area contributed by atoms with Gasteiger partial charge in [-0.1, -0.05) is 48.5 Å². The summed E-state index contributed by atoms with van der Waals surface area (Å²) in [7, 11) is 0. The van der Waals surface area contributed by atoms with Crippen molar-refractivity contribution in [1.29, 1.82) is 0 Å². The minimum atomic E-state index is 0.960. The third-order valence-corrected chi connectivity index (χ3v) is 3.99. The lowest BCUT2D eigenvalue weighted by Crippen LogP contribution is -1.88. The van der Waals surface area contributed by atoms with Gasteiger partial charge in [-0.3, -0.25) is 0 Å². The topological polar surface area (TPSA) is 15.8 Å².